The molecule has 6 heteroatoms. The Morgan fingerprint density at radius 2 is 1.95 bits per heavy atom. The number of aryl methyl sites for hydroxylation is 1. The molecule has 1 heterocycles. The lowest BCUT2D eigenvalue weighted by Crippen LogP contribution is -2.13. The molecule has 6 nitrogen and oxygen atoms in total. The van der Waals surface area contributed by atoms with Crippen molar-refractivity contribution < 1.29 is 4.74 Å². The van der Waals surface area contributed by atoms with Crippen molar-refractivity contribution >= 4 is 11.6 Å². The number of hydrazine groups is 1. The fourth-order valence-corrected chi connectivity index (χ4v) is 1.91. The molecule has 0 fully saturated rings. The predicted octanol–water partition coefficient (Wildman–Crippen LogP) is 2.22. The zero-order valence-corrected chi connectivity index (χ0v) is 12.4. The molecule has 0 saturated heterocycles. The molecule has 21 heavy (non-hydrogen) atoms. The van der Waals surface area contributed by atoms with Gasteiger partial charge in [-0.25, -0.2) is 15.8 Å². The van der Waals surface area contributed by atoms with Crippen molar-refractivity contribution in [3.63, 3.8) is 0 Å². The molecule has 0 unspecified atom stereocenters. The van der Waals surface area contributed by atoms with Crippen molar-refractivity contribution in [2.75, 3.05) is 17.3 Å². The Labute approximate surface area is 124 Å². The molecule has 2 rings (SSSR count). The van der Waals surface area contributed by atoms with Crippen LogP contribution in [0.3, 0.4) is 0 Å². The summed E-state index contributed by atoms with van der Waals surface area (Å²) in [6.07, 6.45) is 0. The van der Waals surface area contributed by atoms with Crippen LogP contribution in [0.1, 0.15) is 23.9 Å². The first-order chi connectivity index (χ1) is 10.2. The number of anilines is 2. The highest BCUT2D eigenvalue weighted by atomic mass is 16.5. The third-order valence-electron chi connectivity index (χ3n) is 3.08. The lowest BCUT2D eigenvalue weighted by Gasteiger charge is -2.11. The summed E-state index contributed by atoms with van der Waals surface area (Å²) in [5.74, 6) is 7.32. The number of hydrogen-bond acceptors (Lipinski definition) is 6. The maximum Gasteiger partial charge on any atom is 0.158 e. The molecule has 0 radical (unpaired) electrons. The Morgan fingerprint density at radius 1 is 1.19 bits per heavy atom. The fourth-order valence-electron chi connectivity index (χ4n) is 1.91. The molecule has 0 aliphatic heterocycles. The number of hydrogen-bond donors (Lipinski definition) is 3. The Kier molecular flexibility index (Phi) is 5.48. The molecule has 0 aliphatic rings. The molecule has 0 aliphatic carbocycles. The molecule has 0 bridgehead atoms. The van der Waals surface area contributed by atoms with Gasteiger partial charge in [-0.05, 0) is 25.0 Å². The van der Waals surface area contributed by atoms with Crippen LogP contribution in [-0.4, -0.2) is 16.6 Å². The fraction of sp³-hybridized carbons (Fsp3) is 0.333. The lowest BCUT2D eigenvalue weighted by molar-refractivity contribution is 0.128. The van der Waals surface area contributed by atoms with E-state index in [1.54, 1.807) is 6.07 Å². The van der Waals surface area contributed by atoms with Crippen LogP contribution in [0.5, 0.6) is 0 Å². The second kappa shape index (κ2) is 7.56. The van der Waals surface area contributed by atoms with Crippen molar-refractivity contribution in [2.45, 2.75) is 27.0 Å². The quantitative estimate of drug-likeness (QED) is 0.535. The summed E-state index contributed by atoms with van der Waals surface area (Å²) in [5.41, 5.74) is 5.02. The van der Waals surface area contributed by atoms with E-state index in [0.29, 0.717) is 31.4 Å². The summed E-state index contributed by atoms with van der Waals surface area (Å²) >= 11 is 0. The minimum absolute atomic E-state index is 0.366. The van der Waals surface area contributed by atoms with Gasteiger partial charge < -0.3 is 15.5 Å². The highest BCUT2D eigenvalue weighted by Gasteiger charge is 2.05. The molecule has 0 amide bonds. The second-order valence-corrected chi connectivity index (χ2v) is 4.62. The van der Waals surface area contributed by atoms with Gasteiger partial charge in [0.25, 0.3) is 0 Å². The molecule has 0 atom stereocenters. The van der Waals surface area contributed by atoms with E-state index in [1.807, 2.05) is 19.1 Å². The van der Waals surface area contributed by atoms with Crippen LogP contribution in [0.15, 0.2) is 30.3 Å². The van der Waals surface area contributed by atoms with Crippen LogP contribution < -0.4 is 16.6 Å². The number of nitrogens with two attached hydrogens (primary N) is 1. The number of rotatable bonds is 7. The molecule has 0 spiro atoms. The molecule has 1 aromatic heterocycles. The van der Waals surface area contributed by atoms with E-state index >= 15 is 0 Å². The largest absolute Gasteiger partial charge is 0.374 e. The SMILES string of the molecule is CCOCc1nc(NN)cc(NCc2ccccc2C)n1. The highest BCUT2D eigenvalue weighted by Crippen LogP contribution is 2.14. The predicted molar refractivity (Wildman–Crippen MR) is 83.7 cm³/mol. The van der Waals surface area contributed by atoms with E-state index in [4.69, 9.17) is 10.6 Å². The Morgan fingerprint density at radius 3 is 2.67 bits per heavy atom. The number of ether oxygens (including phenoxy) is 1. The molecular weight excluding hydrogens is 266 g/mol. The van der Waals surface area contributed by atoms with Gasteiger partial charge in [0.15, 0.2) is 5.82 Å². The van der Waals surface area contributed by atoms with Gasteiger partial charge in [0.2, 0.25) is 0 Å². The van der Waals surface area contributed by atoms with Gasteiger partial charge in [0.05, 0.1) is 0 Å². The topological polar surface area (TPSA) is 85.1 Å². The molecule has 1 aromatic carbocycles. The molecule has 112 valence electrons. The van der Waals surface area contributed by atoms with Gasteiger partial charge in [-0.2, -0.15) is 0 Å². The zero-order valence-electron chi connectivity index (χ0n) is 12.4. The van der Waals surface area contributed by atoms with Crippen LogP contribution >= 0.6 is 0 Å². The summed E-state index contributed by atoms with van der Waals surface area (Å²) in [6, 6.07) is 10.0. The van der Waals surface area contributed by atoms with Crippen LogP contribution in [0.25, 0.3) is 0 Å². The monoisotopic (exact) mass is 287 g/mol. The minimum atomic E-state index is 0.366. The van der Waals surface area contributed by atoms with Gasteiger partial charge in [-0.15, -0.1) is 0 Å². The number of benzene rings is 1. The minimum Gasteiger partial charge on any atom is -0.374 e. The summed E-state index contributed by atoms with van der Waals surface area (Å²) in [5, 5.41) is 3.29. The van der Waals surface area contributed by atoms with Crippen LogP contribution in [-0.2, 0) is 17.9 Å². The van der Waals surface area contributed by atoms with E-state index in [1.165, 1.54) is 11.1 Å². The Balaban J connectivity index is 2.09. The van der Waals surface area contributed by atoms with Gasteiger partial charge in [0, 0.05) is 19.2 Å². The first-order valence-electron chi connectivity index (χ1n) is 6.93. The summed E-state index contributed by atoms with van der Waals surface area (Å²) in [4.78, 5) is 8.67. The standard InChI is InChI=1S/C15H21N5O/c1-3-21-10-15-18-13(8-14(19-15)20-16)17-9-12-7-5-4-6-11(12)2/h4-8H,3,9-10,16H2,1-2H3,(H2,17,18,19,20). The van der Waals surface area contributed by atoms with Gasteiger partial charge >= 0.3 is 0 Å². The van der Waals surface area contributed by atoms with Crippen molar-refractivity contribution in [3.05, 3.63) is 47.3 Å². The van der Waals surface area contributed by atoms with Crippen molar-refractivity contribution in [1.82, 2.24) is 9.97 Å². The van der Waals surface area contributed by atoms with Gasteiger partial charge in [-0.1, -0.05) is 24.3 Å². The molecular formula is C15H21N5O. The summed E-state index contributed by atoms with van der Waals surface area (Å²) in [7, 11) is 0. The number of nitrogens with zero attached hydrogens (tertiary/aromatic N) is 2. The summed E-state index contributed by atoms with van der Waals surface area (Å²) in [6.45, 7) is 5.70. The molecule has 0 saturated carbocycles. The third kappa shape index (κ3) is 4.40. The van der Waals surface area contributed by atoms with Gasteiger partial charge in [-0.3, -0.25) is 0 Å². The molecule has 4 N–H and O–H groups in total. The van der Waals surface area contributed by atoms with Crippen molar-refractivity contribution in [3.8, 4) is 0 Å². The first-order valence-corrected chi connectivity index (χ1v) is 6.93. The van der Waals surface area contributed by atoms with Crippen LogP contribution in [0.2, 0.25) is 0 Å². The maximum atomic E-state index is 5.44. The summed E-state index contributed by atoms with van der Waals surface area (Å²) < 4.78 is 5.33. The van der Waals surface area contributed by atoms with E-state index in [2.05, 4.69) is 39.8 Å². The number of aromatic nitrogens is 2. The van der Waals surface area contributed by atoms with Gasteiger partial charge in [0.1, 0.15) is 18.2 Å². The van der Waals surface area contributed by atoms with Crippen molar-refractivity contribution in [1.29, 1.82) is 0 Å². The highest BCUT2D eigenvalue weighted by molar-refractivity contribution is 5.47. The smallest absolute Gasteiger partial charge is 0.158 e. The van der Waals surface area contributed by atoms with Crippen LogP contribution in [0.4, 0.5) is 11.6 Å². The van der Waals surface area contributed by atoms with Crippen molar-refractivity contribution in [2.24, 2.45) is 5.84 Å². The van der Waals surface area contributed by atoms with E-state index in [0.717, 1.165) is 5.82 Å². The first kappa shape index (κ1) is 15.2. The van der Waals surface area contributed by atoms with E-state index in [-0.39, 0.29) is 0 Å². The lowest BCUT2D eigenvalue weighted by atomic mass is 10.1. The third-order valence-corrected chi connectivity index (χ3v) is 3.08. The van der Waals surface area contributed by atoms with Crippen LogP contribution in [0, 0.1) is 6.92 Å². The molecule has 2 aromatic rings. The normalized spacial score (nSPS) is 10.4. The number of nitrogen functional groups attached to an aromatic ring is 1. The average molecular weight is 287 g/mol. The average Bonchev–Trinajstić information content (AvgIpc) is 2.52. The number of nitrogens with one attached hydrogen (secondary N) is 2. The zero-order chi connectivity index (χ0) is 15.1. The second-order valence-electron chi connectivity index (χ2n) is 4.62. The maximum absolute atomic E-state index is 5.44. The van der Waals surface area contributed by atoms with E-state index in [9.17, 15) is 0 Å². The van der Waals surface area contributed by atoms with E-state index < -0.39 is 0 Å². The Hall–Kier alpha value is -2.18. The Bertz CT molecular complexity index is 588.